The number of nitrogens with zero attached hydrogens (tertiary/aromatic N) is 3. The van der Waals surface area contributed by atoms with Crippen LogP contribution in [0.2, 0.25) is 0 Å². The van der Waals surface area contributed by atoms with Crippen LogP contribution < -0.4 is 4.74 Å². The van der Waals surface area contributed by atoms with E-state index < -0.39 is 5.97 Å². The van der Waals surface area contributed by atoms with Gasteiger partial charge in [-0.15, -0.1) is 5.10 Å². The normalized spacial score (nSPS) is 10.1. The highest BCUT2D eigenvalue weighted by molar-refractivity contribution is 5.84. The Labute approximate surface area is 90.1 Å². The molecule has 0 aromatic carbocycles. The van der Waals surface area contributed by atoms with Crippen LogP contribution in [0.25, 0.3) is 0 Å². The number of ether oxygens (including phenoxy) is 1. The number of carboxylic acid groups (broad SMARTS) is 1. The summed E-state index contributed by atoms with van der Waals surface area (Å²) >= 11 is 0. The molecule has 7 nitrogen and oxygen atoms in total. The van der Waals surface area contributed by atoms with Gasteiger partial charge >= 0.3 is 5.97 Å². The molecule has 0 aliphatic carbocycles. The average molecular weight is 220 g/mol. The number of aromatic nitrogens is 4. The van der Waals surface area contributed by atoms with Crippen molar-refractivity contribution < 1.29 is 14.6 Å². The minimum absolute atomic E-state index is 0.134. The molecule has 0 saturated heterocycles. The van der Waals surface area contributed by atoms with E-state index >= 15 is 0 Å². The Kier molecular flexibility index (Phi) is 2.50. The topological polar surface area (TPSA) is 101 Å². The number of carbonyl (C=O) groups is 1. The van der Waals surface area contributed by atoms with Crippen LogP contribution in [0, 0.1) is 6.92 Å². The molecule has 0 aliphatic rings. The van der Waals surface area contributed by atoms with Crippen molar-refractivity contribution in [3.05, 3.63) is 29.8 Å². The summed E-state index contributed by atoms with van der Waals surface area (Å²) in [6.45, 7) is 1.83. The molecule has 2 aromatic heterocycles. The number of nitrogens with one attached hydrogen (secondary N) is 1. The molecular formula is C9H8N4O3. The predicted molar refractivity (Wildman–Crippen MR) is 52.4 cm³/mol. The molecule has 7 heteroatoms. The molecule has 2 heterocycles. The van der Waals surface area contributed by atoms with Gasteiger partial charge in [-0.2, -0.15) is 0 Å². The number of aromatic carboxylic acids is 1. The summed E-state index contributed by atoms with van der Waals surface area (Å²) in [5.74, 6) is -0.582. The molecule has 0 atom stereocenters. The Morgan fingerprint density at radius 1 is 1.38 bits per heavy atom. The lowest BCUT2D eigenvalue weighted by molar-refractivity contribution is 0.0690. The van der Waals surface area contributed by atoms with E-state index in [1.54, 1.807) is 6.07 Å². The summed E-state index contributed by atoms with van der Waals surface area (Å²) in [5.41, 5.74) is 0.718. The number of carboxylic acids is 1. The Morgan fingerprint density at radius 3 is 2.69 bits per heavy atom. The quantitative estimate of drug-likeness (QED) is 0.800. The number of hydrogen-bond donors (Lipinski definition) is 2. The van der Waals surface area contributed by atoms with Gasteiger partial charge in [0.2, 0.25) is 11.8 Å². The molecule has 0 saturated carbocycles. The molecule has 0 bridgehead atoms. The Hall–Kier alpha value is -2.44. The zero-order chi connectivity index (χ0) is 11.5. The van der Waals surface area contributed by atoms with Gasteiger partial charge in [0.15, 0.2) is 5.69 Å². The molecule has 0 fully saturated rings. The van der Waals surface area contributed by atoms with E-state index in [0.717, 1.165) is 11.9 Å². The van der Waals surface area contributed by atoms with Crippen LogP contribution in [0.15, 0.2) is 18.5 Å². The predicted octanol–water partition coefficient (Wildman–Crippen LogP) is 0.999. The van der Waals surface area contributed by atoms with Crippen LogP contribution in [0.5, 0.6) is 11.8 Å². The summed E-state index contributed by atoms with van der Waals surface area (Å²) < 4.78 is 5.23. The monoisotopic (exact) mass is 220 g/mol. The lowest BCUT2D eigenvalue weighted by atomic mass is 10.5. The van der Waals surface area contributed by atoms with Gasteiger partial charge in [0, 0.05) is 11.8 Å². The molecule has 2 rings (SSSR count). The molecule has 0 radical (unpaired) electrons. The van der Waals surface area contributed by atoms with Crippen LogP contribution in [-0.2, 0) is 0 Å². The molecule has 2 aromatic rings. The molecule has 0 unspecified atom stereocenters. The van der Waals surface area contributed by atoms with Crippen LogP contribution in [0.4, 0.5) is 0 Å². The molecule has 82 valence electrons. The Balaban J connectivity index is 2.14. The second-order valence-electron chi connectivity index (χ2n) is 3.04. The standard InChI is InChI=1S/C9H8N4O3/c1-5-2-7(13-12-5)16-8-4-10-6(3-11-8)9(14)15/h2-4H,1H3,(H,12,13)(H,14,15). The third-order valence-corrected chi connectivity index (χ3v) is 1.74. The van der Waals surface area contributed by atoms with Crippen molar-refractivity contribution in [2.24, 2.45) is 0 Å². The first kappa shape index (κ1) is 10.1. The van der Waals surface area contributed by atoms with Crippen molar-refractivity contribution in [2.75, 3.05) is 0 Å². The molecule has 0 amide bonds. The summed E-state index contributed by atoms with van der Waals surface area (Å²) in [4.78, 5) is 18.0. The van der Waals surface area contributed by atoms with Crippen molar-refractivity contribution in [2.45, 2.75) is 6.92 Å². The fraction of sp³-hybridized carbons (Fsp3) is 0.111. The van der Waals surface area contributed by atoms with E-state index in [1.165, 1.54) is 6.20 Å². The second-order valence-corrected chi connectivity index (χ2v) is 3.04. The molecule has 2 N–H and O–H groups in total. The van der Waals surface area contributed by atoms with E-state index in [1.807, 2.05) is 6.92 Å². The van der Waals surface area contributed by atoms with E-state index in [2.05, 4.69) is 20.2 Å². The third-order valence-electron chi connectivity index (χ3n) is 1.74. The van der Waals surface area contributed by atoms with Gasteiger partial charge in [0.1, 0.15) is 0 Å². The van der Waals surface area contributed by atoms with Gasteiger partial charge in [0.25, 0.3) is 0 Å². The van der Waals surface area contributed by atoms with Gasteiger partial charge in [-0.25, -0.2) is 14.8 Å². The number of aromatic amines is 1. The molecule has 0 spiro atoms. The van der Waals surface area contributed by atoms with Crippen molar-refractivity contribution in [3.63, 3.8) is 0 Å². The maximum Gasteiger partial charge on any atom is 0.356 e. The van der Waals surface area contributed by atoms with Gasteiger partial charge < -0.3 is 9.84 Å². The van der Waals surface area contributed by atoms with Crippen molar-refractivity contribution in [3.8, 4) is 11.8 Å². The zero-order valence-electron chi connectivity index (χ0n) is 8.34. The number of hydrogen-bond acceptors (Lipinski definition) is 5. The highest BCUT2D eigenvalue weighted by atomic mass is 16.5. The first-order valence-electron chi connectivity index (χ1n) is 4.40. The molecule has 16 heavy (non-hydrogen) atoms. The Bertz CT molecular complexity index is 506. The fourth-order valence-corrected chi connectivity index (χ4v) is 1.03. The van der Waals surface area contributed by atoms with E-state index in [0.29, 0.717) is 5.88 Å². The zero-order valence-corrected chi connectivity index (χ0v) is 8.34. The largest absolute Gasteiger partial charge is 0.476 e. The summed E-state index contributed by atoms with van der Waals surface area (Å²) in [6.07, 6.45) is 2.35. The Morgan fingerprint density at radius 2 is 2.19 bits per heavy atom. The minimum Gasteiger partial charge on any atom is -0.476 e. The van der Waals surface area contributed by atoms with Crippen LogP contribution in [0.1, 0.15) is 16.2 Å². The number of H-pyrrole nitrogens is 1. The van der Waals surface area contributed by atoms with E-state index in [-0.39, 0.29) is 11.6 Å². The van der Waals surface area contributed by atoms with Crippen LogP contribution >= 0.6 is 0 Å². The van der Waals surface area contributed by atoms with Crippen molar-refractivity contribution >= 4 is 5.97 Å². The summed E-state index contributed by atoms with van der Waals surface area (Å²) in [5, 5.41) is 15.1. The van der Waals surface area contributed by atoms with Gasteiger partial charge in [-0.3, -0.25) is 5.10 Å². The second kappa shape index (κ2) is 3.97. The minimum atomic E-state index is -1.13. The van der Waals surface area contributed by atoms with Crippen molar-refractivity contribution in [1.82, 2.24) is 20.2 Å². The summed E-state index contributed by atoms with van der Waals surface area (Å²) in [6, 6.07) is 1.69. The van der Waals surface area contributed by atoms with Gasteiger partial charge in [-0.1, -0.05) is 0 Å². The maximum absolute atomic E-state index is 10.5. The summed E-state index contributed by atoms with van der Waals surface area (Å²) in [7, 11) is 0. The third kappa shape index (κ3) is 2.14. The van der Waals surface area contributed by atoms with Crippen LogP contribution in [-0.4, -0.2) is 31.2 Å². The smallest absolute Gasteiger partial charge is 0.356 e. The SMILES string of the molecule is Cc1cc(Oc2cnc(C(=O)O)cn2)n[nH]1. The average Bonchev–Trinajstić information content (AvgIpc) is 2.65. The molecule has 0 aliphatic heterocycles. The van der Waals surface area contributed by atoms with Gasteiger partial charge in [0.05, 0.1) is 12.4 Å². The fourth-order valence-electron chi connectivity index (χ4n) is 1.03. The van der Waals surface area contributed by atoms with Crippen LogP contribution in [0.3, 0.4) is 0 Å². The highest BCUT2D eigenvalue weighted by Gasteiger charge is 2.06. The van der Waals surface area contributed by atoms with Crippen molar-refractivity contribution in [1.29, 1.82) is 0 Å². The molecular weight excluding hydrogens is 212 g/mol. The first-order valence-corrected chi connectivity index (χ1v) is 4.40. The van der Waals surface area contributed by atoms with E-state index in [4.69, 9.17) is 9.84 Å². The maximum atomic E-state index is 10.5. The van der Waals surface area contributed by atoms with Gasteiger partial charge in [-0.05, 0) is 6.92 Å². The number of aryl methyl sites for hydroxylation is 1. The lowest BCUT2D eigenvalue weighted by Crippen LogP contribution is -2.01. The first-order chi connectivity index (χ1) is 7.65. The highest BCUT2D eigenvalue weighted by Crippen LogP contribution is 2.15. The van der Waals surface area contributed by atoms with E-state index in [9.17, 15) is 4.79 Å². The lowest BCUT2D eigenvalue weighted by Gasteiger charge is -1.99. The number of rotatable bonds is 3.